The number of benzene rings is 2. The first-order valence-corrected chi connectivity index (χ1v) is 13.8. The average molecular weight is 577 g/mol. The molecule has 2 fully saturated rings. The molecule has 2 aromatic carbocycles. The van der Waals surface area contributed by atoms with Crippen molar-refractivity contribution >= 4 is 35.1 Å². The molecule has 2 aliphatic rings. The lowest BCUT2D eigenvalue weighted by Gasteiger charge is -2.34. The molecule has 212 valence electrons. The standard InChI is InChI=1S/C30H30ClFN6O3/c1-36(30(40)41-24-8-4-21(15-33)26(32)14-24)27-18-38(17-25(27)19-2-5-22(31)6-3-19)29(39)20-10-12-37(13-11-20)28-9-7-23(34)16-35-28/h2-9,14,16,20,25,27H,10-13,17-18,34H2,1H3/t25-,27+/m0/s1. The van der Waals surface area contributed by atoms with Crippen molar-refractivity contribution in [2.24, 2.45) is 5.92 Å². The minimum atomic E-state index is -0.768. The number of rotatable bonds is 5. The first kappa shape index (κ1) is 28.2. The largest absolute Gasteiger partial charge is 0.415 e. The van der Waals surface area contributed by atoms with E-state index in [1.54, 1.807) is 31.4 Å². The zero-order valence-corrected chi connectivity index (χ0v) is 23.3. The van der Waals surface area contributed by atoms with E-state index in [1.807, 2.05) is 29.2 Å². The van der Waals surface area contributed by atoms with Crippen molar-refractivity contribution in [3.63, 3.8) is 0 Å². The van der Waals surface area contributed by atoms with Gasteiger partial charge in [-0.1, -0.05) is 23.7 Å². The van der Waals surface area contributed by atoms with E-state index in [9.17, 15) is 14.0 Å². The smallest absolute Gasteiger partial charge is 0.410 e. The number of pyridine rings is 1. The van der Waals surface area contributed by atoms with Gasteiger partial charge in [0.25, 0.3) is 0 Å². The van der Waals surface area contributed by atoms with Gasteiger partial charge in [0, 0.05) is 56.2 Å². The number of nitriles is 1. The molecular weight excluding hydrogens is 547 g/mol. The van der Waals surface area contributed by atoms with Crippen LogP contribution < -0.4 is 15.4 Å². The maximum atomic E-state index is 14.1. The zero-order valence-electron chi connectivity index (χ0n) is 22.5. The van der Waals surface area contributed by atoms with Crippen LogP contribution in [-0.2, 0) is 4.79 Å². The van der Waals surface area contributed by atoms with Gasteiger partial charge in [-0.3, -0.25) is 4.79 Å². The fourth-order valence-electron chi connectivity index (χ4n) is 5.55. The molecule has 2 atom stereocenters. The Morgan fingerprint density at radius 3 is 2.49 bits per heavy atom. The van der Waals surface area contributed by atoms with Gasteiger partial charge in [-0.15, -0.1) is 0 Å². The minimum Gasteiger partial charge on any atom is -0.410 e. The van der Waals surface area contributed by atoms with E-state index in [-0.39, 0.29) is 35.1 Å². The molecule has 2 saturated heterocycles. The molecule has 41 heavy (non-hydrogen) atoms. The maximum Gasteiger partial charge on any atom is 0.415 e. The minimum absolute atomic E-state index is 0.00493. The molecular formula is C30H30ClFN6O3. The summed E-state index contributed by atoms with van der Waals surface area (Å²) in [4.78, 5) is 36.7. The molecule has 11 heteroatoms. The van der Waals surface area contributed by atoms with Crippen molar-refractivity contribution < 1.29 is 18.7 Å². The number of nitrogens with zero attached hydrogens (tertiary/aromatic N) is 5. The van der Waals surface area contributed by atoms with Crippen LogP contribution in [0.4, 0.5) is 20.7 Å². The number of piperidine rings is 1. The highest BCUT2D eigenvalue weighted by atomic mass is 35.5. The Hall–Kier alpha value is -4.36. The number of likely N-dealkylation sites (tertiary alicyclic amines) is 1. The second-order valence-electron chi connectivity index (χ2n) is 10.4. The summed E-state index contributed by atoms with van der Waals surface area (Å²) in [5, 5.41) is 9.55. The number of hydrogen-bond donors (Lipinski definition) is 1. The van der Waals surface area contributed by atoms with E-state index in [2.05, 4.69) is 9.88 Å². The summed E-state index contributed by atoms with van der Waals surface area (Å²) >= 11 is 6.12. The fraction of sp³-hybridized carbons (Fsp3) is 0.333. The monoisotopic (exact) mass is 576 g/mol. The van der Waals surface area contributed by atoms with E-state index < -0.39 is 11.9 Å². The number of hydrogen-bond acceptors (Lipinski definition) is 7. The van der Waals surface area contributed by atoms with Crippen LogP contribution in [0.5, 0.6) is 5.75 Å². The molecule has 2 N–H and O–H groups in total. The summed E-state index contributed by atoms with van der Waals surface area (Å²) < 4.78 is 19.5. The van der Waals surface area contributed by atoms with Crippen molar-refractivity contribution in [1.82, 2.24) is 14.8 Å². The fourth-order valence-corrected chi connectivity index (χ4v) is 5.68. The number of carbonyl (C=O) groups excluding carboxylic acids is 2. The number of carbonyl (C=O) groups is 2. The second-order valence-corrected chi connectivity index (χ2v) is 10.8. The van der Waals surface area contributed by atoms with E-state index in [1.165, 1.54) is 17.0 Å². The molecule has 9 nitrogen and oxygen atoms in total. The van der Waals surface area contributed by atoms with Gasteiger partial charge in [0.05, 0.1) is 23.5 Å². The summed E-state index contributed by atoms with van der Waals surface area (Å²) in [6, 6.07) is 16.1. The Kier molecular flexibility index (Phi) is 8.26. The van der Waals surface area contributed by atoms with Gasteiger partial charge in [-0.05, 0) is 54.8 Å². The molecule has 1 aromatic heterocycles. The van der Waals surface area contributed by atoms with Crippen LogP contribution >= 0.6 is 11.6 Å². The molecule has 0 radical (unpaired) electrons. The average Bonchev–Trinajstić information content (AvgIpc) is 3.43. The van der Waals surface area contributed by atoms with Crippen molar-refractivity contribution in [1.29, 1.82) is 5.26 Å². The molecule has 0 spiro atoms. The van der Waals surface area contributed by atoms with Gasteiger partial charge in [-0.25, -0.2) is 14.2 Å². The van der Waals surface area contributed by atoms with Crippen LogP contribution in [-0.4, -0.2) is 66.1 Å². The number of aromatic nitrogens is 1. The predicted octanol–water partition coefficient (Wildman–Crippen LogP) is 4.67. The van der Waals surface area contributed by atoms with Crippen molar-refractivity contribution in [2.45, 2.75) is 24.8 Å². The number of anilines is 2. The molecule has 5 rings (SSSR count). The van der Waals surface area contributed by atoms with Crippen LogP contribution in [0, 0.1) is 23.1 Å². The highest BCUT2D eigenvalue weighted by Gasteiger charge is 2.42. The predicted molar refractivity (Wildman–Crippen MR) is 153 cm³/mol. The van der Waals surface area contributed by atoms with Crippen molar-refractivity contribution in [3.05, 3.63) is 82.8 Å². The molecule has 2 aliphatic heterocycles. The number of ether oxygens (including phenoxy) is 1. The lowest BCUT2D eigenvalue weighted by Crippen LogP contribution is -2.45. The van der Waals surface area contributed by atoms with Crippen LogP contribution in [0.1, 0.15) is 29.9 Å². The molecule has 0 unspecified atom stereocenters. The molecule has 0 aliphatic carbocycles. The van der Waals surface area contributed by atoms with E-state index in [0.29, 0.717) is 49.7 Å². The van der Waals surface area contributed by atoms with Crippen molar-refractivity contribution in [3.8, 4) is 11.8 Å². The summed E-state index contributed by atoms with van der Waals surface area (Å²) in [7, 11) is 1.61. The van der Waals surface area contributed by atoms with Gasteiger partial charge < -0.3 is 25.2 Å². The molecule has 0 saturated carbocycles. The van der Waals surface area contributed by atoms with Gasteiger partial charge in [0.1, 0.15) is 23.5 Å². The lowest BCUT2D eigenvalue weighted by molar-refractivity contribution is -0.135. The quantitative estimate of drug-likeness (QED) is 0.469. The third-order valence-corrected chi connectivity index (χ3v) is 8.14. The summed E-state index contributed by atoms with van der Waals surface area (Å²) in [6.45, 7) is 2.18. The topological polar surface area (TPSA) is 116 Å². The molecule has 3 heterocycles. The SMILES string of the molecule is CN(C(=O)Oc1ccc(C#N)c(F)c1)[C@@H]1CN(C(=O)C2CCN(c3ccc(N)cn3)CC2)C[C@H]1c1ccc(Cl)cc1. The Morgan fingerprint density at radius 2 is 1.85 bits per heavy atom. The van der Waals surface area contributed by atoms with Gasteiger partial charge in [-0.2, -0.15) is 5.26 Å². The Bertz CT molecular complexity index is 1450. The van der Waals surface area contributed by atoms with Crippen LogP contribution in [0.2, 0.25) is 5.02 Å². The Morgan fingerprint density at radius 1 is 1.12 bits per heavy atom. The maximum absolute atomic E-state index is 14.1. The lowest BCUT2D eigenvalue weighted by atomic mass is 9.93. The molecule has 3 aromatic rings. The van der Waals surface area contributed by atoms with E-state index in [4.69, 9.17) is 27.3 Å². The number of likely N-dealkylation sites (N-methyl/N-ethyl adjacent to an activating group) is 1. The first-order chi connectivity index (χ1) is 19.7. The van der Waals surface area contributed by atoms with Gasteiger partial charge in [0.2, 0.25) is 5.91 Å². The number of nitrogens with two attached hydrogens (primary N) is 1. The zero-order chi connectivity index (χ0) is 29.1. The van der Waals surface area contributed by atoms with Crippen LogP contribution in [0.15, 0.2) is 60.8 Å². The van der Waals surface area contributed by atoms with Crippen molar-refractivity contribution in [2.75, 3.05) is 43.9 Å². The summed E-state index contributed by atoms with van der Waals surface area (Å²) in [6.07, 6.45) is 2.34. The van der Waals surface area contributed by atoms with Crippen LogP contribution in [0.25, 0.3) is 0 Å². The third kappa shape index (κ3) is 6.20. The Balaban J connectivity index is 1.29. The highest BCUT2D eigenvalue weighted by molar-refractivity contribution is 6.30. The van der Waals surface area contributed by atoms with Crippen LogP contribution in [0.3, 0.4) is 0 Å². The van der Waals surface area contributed by atoms with Gasteiger partial charge >= 0.3 is 6.09 Å². The van der Waals surface area contributed by atoms with E-state index >= 15 is 0 Å². The summed E-state index contributed by atoms with van der Waals surface area (Å²) in [5.41, 5.74) is 7.18. The highest BCUT2D eigenvalue weighted by Crippen LogP contribution is 2.34. The normalized spacial score (nSPS) is 19.1. The second kappa shape index (κ2) is 12.0. The van der Waals surface area contributed by atoms with E-state index in [0.717, 1.165) is 17.4 Å². The Labute approximate surface area is 242 Å². The number of nitrogen functional groups attached to an aromatic ring is 1. The summed E-state index contributed by atoms with van der Waals surface area (Å²) in [5.74, 6) is -0.178. The number of halogens is 2. The third-order valence-electron chi connectivity index (χ3n) is 7.89. The van der Waals surface area contributed by atoms with Gasteiger partial charge in [0.15, 0.2) is 0 Å². The number of amides is 2. The first-order valence-electron chi connectivity index (χ1n) is 13.4. The molecule has 2 amide bonds. The molecule has 0 bridgehead atoms.